The molecule has 4 fully saturated rings. The second-order valence-electron chi connectivity index (χ2n) is 21.8. The Balaban J connectivity index is 0.000000111. The molecule has 71 heavy (non-hydrogen) atoms. The summed E-state index contributed by atoms with van der Waals surface area (Å²) in [5.74, 6) is 1.18. The highest BCUT2D eigenvalue weighted by Crippen LogP contribution is 2.67. The minimum absolute atomic E-state index is 0. The highest BCUT2D eigenvalue weighted by Gasteiger charge is 2.76. The lowest BCUT2D eigenvalue weighted by molar-refractivity contribution is -0.922. The van der Waals surface area contributed by atoms with Crippen LogP contribution < -0.4 is 24.8 Å². The first-order valence-corrected chi connectivity index (χ1v) is 25.5. The second-order valence-corrected chi connectivity index (χ2v) is 22.7. The van der Waals surface area contributed by atoms with Crippen LogP contribution in [0.15, 0.2) is 60.7 Å². The Morgan fingerprint density at radius 1 is 0.704 bits per heavy atom. The molecule has 10 N–H and O–H groups in total. The number of aliphatic hydroxyl groups is 3. The third-order valence-corrected chi connectivity index (χ3v) is 19.1. The molecule has 3 aromatic rings. The Morgan fingerprint density at radius 3 is 1.77 bits per heavy atom. The molecular formula is C51H57N3O16S. The summed E-state index contributed by atoms with van der Waals surface area (Å²) in [4.78, 5) is 40.9. The van der Waals surface area contributed by atoms with E-state index in [2.05, 4.69) is 17.7 Å². The van der Waals surface area contributed by atoms with E-state index in [1.807, 2.05) is 25.2 Å². The van der Waals surface area contributed by atoms with Crippen molar-refractivity contribution < 1.29 is 88.8 Å². The largest absolute Gasteiger partial charge is 0.759 e. The molecule has 2 saturated heterocycles. The van der Waals surface area contributed by atoms with Crippen LogP contribution in [0.3, 0.4) is 0 Å². The SMILES string of the molecule is CN1CC[C@]23c4c5ccc(O)c4O[C@H]2C(=O)CC[C@@]3(O)[C@H]1C5.C[NH+]1CC[C@]23c4c5ccc(O)c4O[C@H]2C(=O)C=C[C@@]3(O)[C@H]1C5.O=S(=O)([O-])[O-].[HH].[NH3+]C1CC[C@]23c4c5ccc(O)c4O[C@H]2C(=O)C=C[C@@]3(O)[C@H]1C5. The van der Waals surface area contributed by atoms with Gasteiger partial charge in [-0.15, -0.1) is 0 Å². The predicted molar refractivity (Wildman–Crippen MR) is 244 cm³/mol. The van der Waals surface area contributed by atoms with Crippen molar-refractivity contribution in [3.8, 4) is 34.5 Å². The molecule has 2 saturated carbocycles. The molecule has 12 aliphatic rings. The number of likely N-dealkylation sites (N-methyl/N-ethyl adjacent to an activating group) is 2. The molecule has 3 aromatic carbocycles. The van der Waals surface area contributed by atoms with Crippen LogP contribution >= 0.6 is 0 Å². The maximum atomic E-state index is 12.5. The number of phenolic OH excluding ortho intramolecular Hbond substituents is 3. The molecule has 19 nitrogen and oxygen atoms in total. The van der Waals surface area contributed by atoms with E-state index in [1.54, 1.807) is 30.4 Å². The zero-order chi connectivity index (χ0) is 50.3. The van der Waals surface area contributed by atoms with Crippen LogP contribution in [0.2, 0.25) is 0 Å². The summed E-state index contributed by atoms with van der Waals surface area (Å²) in [6, 6.07) is 10.8. The molecule has 0 aromatic heterocycles. The average Bonchev–Trinajstić information content (AvgIpc) is 3.99. The van der Waals surface area contributed by atoms with E-state index in [1.165, 1.54) is 17.1 Å². The molecule has 378 valence electrons. The second kappa shape index (κ2) is 14.9. The van der Waals surface area contributed by atoms with E-state index in [0.29, 0.717) is 55.8 Å². The molecule has 5 heterocycles. The maximum absolute atomic E-state index is 12.5. The van der Waals surface area contributed by atoms with Crippen molar-refractivity contribution in [1.82, 2.24) is 4.90 Å². The number of piperidine rings is 2. The molecule has 15 rings (SSSR count). The monoisotopic (exact) mass is 999 g/mol. The highest BCUT2D eigenvalue weighted by molar-refractivity contribution is 7.79. The molecule has 2 unspecified atom stereocenters. The number of aromatic hydroxyl groups is 3. The third-order valence-electron chi connectivity index (χ3n) is 19.1. The maximum Gasteiger partial charge on any atom is 0.197 e. The molecule has 7 aliphatic carbocycles. The first-order chi connectivity index (χ1) is 33.5. The van der Waals surface area contributed by atoms with Crippen molar-refractivity contribution >= 4 is 27.7 Å². The van der Waals surface area contributed by atoms with E-state index >= 15 is 0 Å². The van der Waals surface area contributed by atoms with Gasteiger partial charge >= 0.3 is 0 Å². The molecule has 3 spiro atoms. The molecule has 6 bridgehead atoms. The van der Waals surface area contributed by atoms with Gasteiger partial charge in [0.05, 0.1) is 41.5 Å². The van der Waals surface area contributed by atoms with Crippen LogP contribution in [0.25, 0.3) is 0 Å². The number of hydrogen-bond acceptors (Lipinski definition) is 17. The van der Waals surface area contributed by atoms with Crippen molar-refractivity contribution in [3.05, 3.63) is 94.1 Å². The lowest BCUT2D eigenvalue weighted by Gasteiger charge is -2.61. The van der Waals surface area contributed by atoms with Crippen LogP contribution in [-0.4, -0.2) is 151 Å². The lowest BCUT2D eigenvalue weighted by atomic mass is 9.46. The van der Waals surface area contributed by atoms with Crippen molar-refractivity contribution in [2.24, 2.45) is 5.92 Å². The number of quaternary nitrogens is 2. The summed E-state index contributed by atoms with van der Waals surface area (Å²) in [5.41, 5.74) is 4.74. The number of carbonyl (C=O) groups is 3. The predicted octanol–water partition coefficient (Wildman–Crippen LogP) is -1.41. The van der Waals surface area contributed by atoms with Gasteiger partial charge in [-0.1, -0.05) is 18.2 Å². The quantitative estimate of drug-likeness (QED) is 0.0948. The van der Waals surface area contributed by atoms with E-state index in [0.717, 1.165) is 65.7 Å². The van der Waals surface area contributed by atoms with Crippen LogP contribution in [-0.2, 0) is 60.3 Å². The summed E-state index contributed by atoms with van der Waals surface area (Å²) >= 11 is 0. The molecule has 14 atom stereocenters. The Kier molecular flexibility index (Phi) is 9.76. The summed E-state index contributed by atoms with van der Waals surface area (Å²) in [7, 11) is -1.03. The Bertz CT molecular complexity index is 2950. The zero-order valence-corrected chi connectivity index (χ0v) is 39.7. The number of likely N-dealkylation sites (tertiary alicyclic amines) is 2. The van der Waals surface area contributed by atoms with E-state index < -0.39 is 61.8 Å². The normalized spacial score (nSPS) is 40.9. The van der Waals surface area contributed by atoms with Crippen LogP contribution in [0.1, 0.15) is 73.3 Å². The minimum Gasteiger partial charge on any atom is -0.759 e. The van der Waals surface area contributed by atoms with Gasteiger partial charge in [-0.05, 0) is 105 Å². The molecular weight excluding hydrogens is 943 g/mol. The van der Waals surface area contributed by atoms with E-state index in [4.69, 9.17) is 31.7 Å². The smallest absolute Gasteiger partial charge is 0.197 e. The van der Waals surface area contributed by atoms with E-state index in [-0.39, 0.29) is 60.1 Å². The fourth-order valence-corrected chi connectivity index (χ4v) is 16.1. The standard InChI is InChI=1S/C17H19NO4.2C17H17NO4.H2O4S.H2/c2*1-18-7-6-16-13-9-2-3-10(19)14(13)22-15(16)11(20)4-5-17(16,21)12(18)8-9;18-10-3-5-16-13-8-1-2-11(19)14(13)22-15(16)12(20)4-6-17(16,21)9(10)7-8;1-5(2,3)4;/h2-3,12,15,19,21H,4-8H2,1H3;2-5,12,15,19,21H,6-8H2,1H3;1-2,4,6,9-10,15,19,21H,3,5,7,18H2;(H2,1,2,3,4);1H/t2*12-,15+,16+,17-;9-,10?,15-,16-,17+;;/m110../s1. The van der Waals surface area contributed by atoms with E-state index in [9.17, 15) is 45.0 Å². The Morgan fingerprint density at radius 2 is 1.20 bits per heavy atom. The number of carbonyl (C=O) groups excluding carboxylic acids is 3. The molecule has 20 heteroatoms. The fraction of sp³-hybridized carbons (Fsp3) is 0.510. The third kappa shape index (κ3) is 5.70. The number of ether oxygens (including phenoxy) is 3. The topological polar surface area (TPSA) is 316 Å². The summed E-state index contributed by atoms with van der Waals surface area (Å²) in [6.07, 6.45) is 10.0. The fourth-order valence-electron chi connectivity index (χ4n) is 16.1. The first kappa shape index (κ1) is 46.6. The number of nitrogens with zero attached hydrogens (tertiary/aromatic N) is 1. The van der Waals surface area contributed by atoms with Gasteiger partial charge in [-0.2, -0.15) is 0 Å². The van der Waals surface area contributed by atoms with Crippen molar-refractivity contribution in [2.75, 3.05) is 27.2 Å². The van der Waals surface area contributed by atoms with Gasteiger partial charge in [0.2, 0.25) is 0 Å². The van der Waals surface area contributed by atoms with Gasteiger partial charge in [-0.25, -0.2) is 0 Å². The number of benzene rings is 3. The molecule has 5 aliphatic heterocycles. The number of rotatable bonds is 0. The Labute approximate surface area is 409 Å². The Hall–Kier alpha value is -5.42. The number of nitrogens with one attached hydrogen (secondary N) is 1. The summed E-state index contributed by atoms with van der Waals surface area (Å²) < 4.78 is 51.8. The van der Waals surface area contributed by atoms with Crippen LogP contribution in [0.5, 0.6) is 34.5 Å². The van der Waals surface area contributed by atoms with Gasteiger partial charge in [0.25, 0.3) is 0 Å². The molecule has 0 amide bonds. The number of hydrogen-bond donors (Lipinski definition) is 8. The van der Waals surface area contributed by atoms with Crippen LogP contribution in [0.4, 0.5) is 0 Å². The summed E-state index contributed by atoms with van der Waals surface area (Å²) in [5, 5.41) is 65.3. The van der Waals surface area contributed by atoms with Gasteiger partial charge in [0.15, 0.2) is 70.2 Å². The number of phenols is 3. The lowest BCUT2D eigenvalue weighted by Crippen LogP contribution is -3.19. The van der Waals surface area contributed by atoms with Gasteiger partial charge in [0.1, 0.15) is 17.2 Å². The average molecular weight is 1000 g/mol. The summed E-state index contributed by atoms with van der Waals surface area (Å²) in [6.45, 7) is 1.71. The number of Topliss-reactive ketones (excluding diaryl/α,β-unsaturated/α-hetero) is 1. The van der Waals surface area contributed by atoms with Gasteiger partial charge < -0.3 is 69.5 Å². The molecule has 0 radical (unpaired) electrons. The number of ketones is 3. The van der Waals surface area contributed by atoms with Crippen molar-refractivity contribution in [2.45, 2.75) is 127 Å². The minimum atomic E-state index is -5.17. The highest BCUT2D eigenvalue weighted by atomic mass is 32.3. The van der Waals surface area contributed by atoms with Crippen molar-refractivity contribution in [1.29, 1.82) is 0 Å². The van der Waals surface area contributed by atoms with Gasteiger partial charge in [-0.3, -0.25) is 22.8 Å². The first-order valence-electron chi connectivity index (χ1n) is 24.2. The van der Waals surface area contributed by atoms with Crippen molar-refractivity contribution in [3.63, 3.8) is 0 Å². The zero-order valence-electron chi connectivity index (χ0n) is 38.9. The van der Waals surface area contributed by atoms with Gasteiger partial charge in [0, 0.05) is 66.2 Å². The van der Waals surface area contributed by atoms with Crippen LogP contribution in [0, 0.1) is 5.92 Å².